The molecule has 1 aromatic carbocycles. The molecule has 0 saturated heterocycles. The van der Waals surface area contributed by atoms with Crippen LogP contribution in [0.5, 0.6) is 0 Å². The molecule has 0 amide bonds. The van der Waals surface area contributed by atoms with Gasteiger partial charge in [-0.15, -0.1) is 11.3 Å². The molecule has 9 heteroatoms. The lowest BCUT2D eigenvalue weighted by Crippen LogP contribution is -2.11. The minimum atomic E-state index is -3.84. The van der Waals surface area contributed by atoms with E-state index < -0.39 is 16.0 Å². The highest BCUT2D eigenvalue weighted by atomic mass is 35.5. The van der Waals surface area contributed by atoms with E-state index in [1.807, 2.05) is 0 Å². The molecule has 1 aromatic heterocycles. The molecule has 2 N–H and O–H groups in total. The summed E-state index contributed by atoms with van der Waals surface area (Å²) >= 11 is 12.6. The number of rotatable bonds is 5. The van der Waals surface area contributed by atoms with E-state index in [0.717, 1.165) is 11.3 Å². The van der Waals surface area contributed by atoms with E-state index in [9.17, 15) is 13.2 Å². The Labute approximate surface area is 135 Å². The topological polar surface area (TPSA) is 83.5 Å². The number of carboxylic acids is 1. The Hall–Kier alpha value is -1.28. The number of anilines is 1. The van der Waals surface area contributed by atoms with Crippen LogP contribution in [0.25, 0.3) is 0 Å². The molecule has 0 aliphatic heterocycles. The molecule has 0 aliphatic carbocycles. The zero-order chi connectivity index (χ0) is 15.6. The first-order valence-electron chi connectivity index (χ1n) is 5.56. The molecule has 0 aliphatic rings. The van der Waals surface area contributed by atoms with E-state index >= 15 is 0 Å². The molecular weight excluding hydrogens is 357 g/mol. The summed E-state index contributed by atoms with van der Waals surface area (Å²) in [6, 6.07) is 7.23. The van der Waals surface area contributed by atoms with E-state index in [4.69, 9.17) is 28.3 Å². The molecule has 5 nitrogen and oxygen atoms in total. The van der Waals surface area contributed by atoms with Crippen molar-refractivity contribution in [2.45, 2.75) is 10.6 Å². The van der Waals surface area contributed by atoms with E-state index in [2.05, 4.69) is 4.72 Å². The molecule has 0 fully saturated rings. The van der Waals surface area contributed by atoms with Crippen molar-refractivity contribution in [3.63, 3.8) is 0 Å². The number of halogens is 2. The molecule has 0 unspecified atom stereocenters. The summed E-state index contributed by atoms with van der Waals surface area (Å²) in [7, 11) is -3.84. The average molecular weight is 366 g/mol. The quantitative estimate of drug-likeness (QED) is 0.849. The van der Waals surface area contributed by atoms with Crippen molar-refractivity contribution >= 4 is 56.2 Å². The summed E-state index contributed by atoms with van der Waals surface area (Å²) in [4.78, 5) is 11.1. The van der Waals surface area contributed by atoms with E-state index in [1.54, 1.807) is 0 Å². The number of carbonyl (C=O) groups is 1. The second kappa shape index (κ2) is 6.23. The van der Waals surface area contributed by atoms with Gasteiger partial charge in [-0.3, -0.25) is 9.52 Å². The Bertz CT molecular complexity index is 786. The van der Waals surface area contributed by atoms with E-state index in [0.29, 0.717) is 9.90 Å². The second-order valence-electron chi connectivity index (χ2n) is 4.02. The molecule has 0 atom stereocenters. The van der Waals surface area contributed by atoms with Gasteiger partial charge in [0.1, 0.15) is 4.21 Å². The third kappa shape index (κ3) is 4.10. The number of thiophene rings is 1. The van der Waals surface area contributed by atoms with Gasteiger partial charge in [0, 0.05) is 9.90 Å². The number of aliphatic carboxylic acids is 1. The van der Waals surface area contributed by atoms with Gasteiger partial charge in [0.15, 0.2) is 0 Å². The van der Waals surface area contributed by atoms with Crippen molar-refractivity contribution in [1.29, 1.82) is 0 Å². The fourth-order valence-corrected chi connectivity index (χ4v) is 4.33. The zero-order valence-electron chi connectivity index (χ0n) is 10.3. The van der Waals surface area contributed by atoms with E-state index in [1.165, 1.54) is 30.3 Å². The minimum Gasteiger partial charge on any atom is -0.481 e. The second-order valence-corrected chi connectivity index (χ2v) is 7.94. The third-order valence-electron chi connectivity index (χ3n) is 2.40. The average Bonchev–Trinajstić information content (AvgIpc) is 2.82. The summed E-state index contributed by atoms with van der Waals surface area (Å²) in [6.45, 7) is 0. The summed E-state index contributed by atoms with van der Waals surface area (Å²) in [5.74, 6) is -1.02. The molecule has 21 heavy (non-hydrogen) atoms. The largest absolute Gasteiger partial charge is 0.481 e. The molecule has 0 bridgehead atoms. The number of hydrogen-bond acceptors (Lipinski definition) is 4. The van der Waals surface area contributed by atoms with Crippen LogP contribution in [0.2, 0.25) is 10.0 Å². The van der Waals surface area contributed by atoms with Gasteiger partial charge < -0.3 is 5.11 Å². The van der Waals surface area contributed by atoms with Gasteiger partial charge in [-0.1, -0.05) is 23.2 Å². The summed E-state index contributed by atoms with van der Waals surface area (Å²) in [6.07, 6.45) is -0.224. The third-order valence-corrected chi connectivity index (χ3v) is 5.91. The summed E-state index contributed by atoms with van der Waals surface area (Å²) < 4.78 is 26.8. The van der Waals surface area contributed by atoms with Gasteiger partial charge in [-0.2, -0.15) is 0 Å². The lowest BCUT2D eigenvalue weighted by atomic mass is 10.3. The van der Waals surface area contributed by atoms with Crippen LogP contribution in [0.3, 0.4) is 0 Å². The van der Waals surface area contributed by atoms with Gasteiger partial charge in [0.2, 0.25) is 0 Å². The van der Waals surface area contributed by atoms with Crippen LogP contribution < -0.4 is 4.72 Å². The molecule has 2 rings (SSSR count). The molecular formula is C12H9Cl2NO4S2. The molecule has 0 spiro atoms. The number of benzene rings is 1. The first-order valence-corrected chi connectivity index (χ1v) is 8.62. The van der Waals surface area contributed by atoms with Gasteiger partial charge in [0.25, 0.3) is 10.0 Å². The molecule has 2 aromatic rings. The lowest BCUT2D eigenvalue weighted by Gasteiger charge is -2.08. The maximum atomic E-state index is 12.2. The van der Waals surface area contributed by atoms with Crippen LogP contribution in [-0.2, 0) is 21.2 Å². The Kier molecular flexibility index (Phi) is 4.77. The fraction of sp³-hybridized carbons (Fsp3) is 0.0833. The van der Waals surface area contributed by atoms with Crippen molar-refractivity contribution < 1.29 is 18.3 Å². The lowest BCUT2D eigenvalue weighted by molar-refractivity contribution is -0.136. The first kappa shape index (κ1) is 16.1. The SMILES string of the molecule is O=C(O)Cc1ccc(S(=O)(=O)Nc2cc(Cl)ccc2Cl)s1. The predicted octanol–water partition coefficient (Wildman–Crippen LogP) is 3.48. The minimum absolute atomic E-state index is 0.00907. The highest BCUT2D eigenvalue weighted by molar-refractivity contribution is 7.94. The number of nitrogens with one attached hydrogen (secondary N) is 1. The van der Waals surface area contributed by atoms with E-state index in [-0.39, 0.29) is 21.3 Å². The maximum Gasteiger partial charge on any atom is 0.308 e. The monoisotopic (exact) mass is 365 g/mol. The van der Waals surface area contributed by atoms with Gasteiger partial charge >= 0.3 is 5.97 Å². The summed E-state index contributed by atoms with van der Waals surface area (Å²) in [5.41, 5.74) is 0.164. The van der Waals surface area contributed by atoms with Crippen LogP contribution in [0.15, 0.2) is 34.5 Å². The maximum absolute atomic E-state index is 12.2. The van der Waals surface area contributed by atoms with Crippen LogP contribution in [0.1, 0.15) is 4.88 Å². The Morgan fingerprint density at radius 3 is 2.62 bits per heavy atom. The number of carboxylic acid groups (broad SMARTS) is 1. The van der Waals surface area contributed by atoms with Crippen LogP contribution in [0, 0.1) is 0 Å². The van der Waals surface area contributed by atoms with Gasteiger partial charge in [-0.05, 0) is 30.3 Å². The Morgan fingerprint density at radius 2 is 1.95 bits per heavy atom. The van der Waals surface area contributed by atoms with Crippen LogP contribution >= 0.6 is 34.5 Å². The van der Waals surface area contributed by atoms with Crippen molar-refractivity contribution in [3.05, 3.63) is 45.3 Å². The zero-order valence-corrected chi connectivity index (χ0v) is 13.5. The Balaban J connectivity index is 2.28. The first-order chi connectivity index (χ1) is 9.78. The summed E-state index contributed by atoms with van der Waals surface area (Å²) in [5, 5.41) is 9.25. The van der Waals surface area contributed by atoms with Crippen LogP contribution in [-0.4, -0.2) is 19.5 Å². The smallest absolute Gasteiger partial charge is 0.308 e. The highest BCUT2D eigenvalue weighted by Crippen LogP contribution is 2.29. The molecule has 112 valence electrons. The van der Waals surface area contributed by atoms with Gasteiger partial charge in [-0.25, -0.2) is 8.42 Å². The molecule has 1 heterocycles. The Morgan fingerprint density at radius 1 is 1.24 bits per heavy atom. The standard InChI is InChI=1S/C12H9Cl2NO4S2/c13-7-1-3-9(14)10(5-7)15-21(18,19)12-4-2-8(20-12)6-11(16)17/h1-5,15H,6H2,(H,16,17). The molecule has 0 saturated carbocycles. The normalized spacial score (nSPS) is 11.3. The van der Waals surface area contributed by atoms with Crippen molar-refractivity contribution in [2.75, 3.05) is 4.72 Å². The van der Waals surface area contributed by atoms with Crippen molar-refractivity contribution in [3.8, 4) is 0 Å². The van der Waals surface area contributed by atoms with Gasteiger partial charge in [0.05, 0.1) is 17.1 Å². The van der Waals surface area contributed by atoms with Crippen molar-refractivity contribution in [2.24, 2.45) is 0 Å². The number of hydrogen-bond donors (Lipinski definition) is 2. The van der Waals surface area contributed by atoms with Crippen molar-refractivity contribution in [1.82, 2.24) is 0 Å². The number of sulfonamides is 1. The highest BCUT2D eigenvalue weighted by Gasteiger charge is 2.19. The van der Waals surface area contributed by atoms with Crippen LogP contribution in [0.4, 0.5) is 5.69 Å². The molecule has 0 radical (unpaired) electrons. The predicted molar refractivity (Wildman–Crippen MR) is 82.9 cm³/mol. The fourth-order valence-electron chi connectivity index (χ4n) is 1.52.